The molecular formula is C17H15FN2O4S. The van der Waals surface area contributed by atoms with Gasteiger partial charge in [-0.3, -0.25) is 0 Å². The minimum absolute atomic E-state index is 0.151. The molecule has 25 heavy (non-hydrogen) atoms. The third-order valence-corrected chi connectivity index (χ3v) is 4.70. The van der Waals surface area contributed by atoms with Crippen molar-refractivity contribution in [3.8, 4) is 22.4 Å². The van der Waals surface area contributed by atoms with Crippen molar-refractivity contribution >= 4 is 10.0 Å². The Morgan fingerprint density at radius 2 is 1.80 bits per heavy atom. The molecule has 3 rings (SSSR count). The second-order valence-electron chi connectivity index (χ2n) is 5.54. The Morgan fingerprint density at radius 3 is 2.36 bits per heavy atom. The third kappa shape index (κ3) is 3.32. The van der Waals surface area contributed by atoms with Crippen LogP contribution in [0.5, 0.6) is 0 Å². The number of sulfonamides is 1. The minimum atomic E-state index is -4.17. The maximum Gasteiger partial charge on any atom is 0.240 e. The van der Waals surface area contributed by atoms with Gasteiger partial charge >= 0.3 is 0 Å². The summed E-state index contributed by atoms with van der Waals surface area (Å²) < 4.78 is 42.1. The van der Waals surface area contributed by atoms with Crippen molar-refractivity contribution in [1.82, 2.24) is 5.16 Å². The Kier molecular flexibility index (Phi) is 4.42. The molecule has 0 bridgehead atoms. The van der Waals surface area contributed by atoms with Crippen LogP contribution in [0, 0.1) is 12.7 Å². The molecule has 8 heteroatoms. The van der Waals surface area contributed by atoms with E-state index < -0.39 is 27.3 Å². The van der Waals surface area contributed by atoms with Crippen molar-refractivity contribution in [3.63, 3.8) is 0 Å². The number of rotatable bonds is 4. The molecule has 0 amide bonds. The molecule has 0 radical (unpaired) electrons. The van der Waals surface area contributed by atoms with E-state index in [9.17, 15) is 17.9 Å². The number of hydrogen-bond donors (Lipinski definition) is 2. The number of hydrogen-bond acceptors (Lipinski definition) is 5. The van der Waals surface area contributed by atoms with Crippen molar-refractivity contribution in [2.45, 2.75) is 18.4 Å². The number of halogens is 1. The first-order valence-electron chi connectivity index (χ1n) is 7.30. The first-order valence-corrected chi connectivity index (χ1v) is 8.85. The maximum absolute atomic E-state index is 14.2. The van der Waals surface area contributed by atoms with E-state index in [1.807, 2.05) is 31.2 Å². The summed E-state index contributed by atoms with van der Waals surface area (Å²) in [6.45, 7) is 1.50. The quantitative estimate of drug-likeness (QED) is 0.742. The SMILES string of the molecule is Cc1ccc(-c2noc(CO)c2-c2ccc(S(N)(=O)=O)c(F)c2)cc1. The number of aryl methyl sites for hydroxylation is 1. The van der Waals surface area contributed by atoms with Gasteiger partial charge in [-0.25, -0.2) is 17.9 Å². The van der Waals surface area contributed by atoms with Crippen molar-refractivity contribution in [3.05, 3.63) is 59.6 Å². The molecule has 0 aliphatic carbocycles. The van der Waals surface area contributed by atoms with E-state index in [2.05, 4.69) is 5.16 Å². The van der Waals surface area contributed by atoms with Crippen LogP contribution in [0.25, 0.3) is 22.4 Å². The lowest BCUT2D eigenvalue weighted by molar-refractivity contribution is 0.230. The fraction of sp³-hybridized carbons (Fsp3) is 0.118. The van der Waals surface area contributed by atoms with Gasteiger partial charge in [-0.05, 0) is 24.6 Å². The third-order valence-electron chi connectivity index (χ3n) is 3.76. The first kappa shape index (κ1) is 17.3. The molecule has 0 aliphatic rings. The van der Waals surface area contributed by atoms with Crippen LogP contribution < -0.4 is 5.14 Å². The molecule has 3 N–H and O–H groups in total. The van der Waals surface area contributed by atoms with Gasteiger partial charge in [-0.15, -0.1) is 0 Å². The molecule has 3 aromatic rings. The highest BCUT2D eigenvalue weighted by Gasteiger charge is 2.21. The highest BCUT2D eigenvalue weighted by molar-refractivity contribution is 7.89. The summed E-state index contributed by atoms with van der Waals surface area (Å²) in [6.07, 6.45) is 0. The zero-order chi connectivity index (χ0) is 18.2. The Morgan fingerprint density at radius 1 is 1.16 bits per heavy atom. The molecule has 0 fully saturated rings. The smallest absolute Gasteiger partial charge is 0.240 e. The first-order chi connectivity index (χ1) is 11.8. The van der Waals surface area contributed by atoms with E-state index in [-0.39, 0.29) is 5.76 Å². The molecule has 0 saturated heterocycles. The van der Waals surface area contributed by atoms with Gasteiger partial charge in [0.25, 0.3) is 0 Å². The molecule has 2 aromatic carbocycles. The van der Waals surface area contributed by atoms with E-state index in [0.717, 1.165) is 23.3 Å². The Balaban J connectivity index is 2.18. The number of benzene rings is 2. The van der Waals surface area contributed by atoms with E-state index >= 15 is 0 Å². The van der Waals surface area contributed by atoms with Gasteiger partial charge in [0.05, 0.1) is 5.56 Å². The molecule has 0 aliphatic heterocycles. The molecule has 0 atom stereocenters. The van der Waals surface area contributed by atoms with Crippen molar-refractivity contribution in [1.29, 1.82) is 0 Å². The number of nitrogens with zero attached hydrogens (tertiary/aromatic N) is 1. The summed E-state index contributed by atoms with van der Waals surface area (Å²) in [5, 5.41) is 18.4. The maximum atomic E-state index is 14.2. The molecule has 130 valence electrons. The summed E-state index contributed by atoms with van der Waals surface area (Å²) in [4.78, 5) is -0.602. The predicted octanol–water partition coefficient (Wildman–Crippen LogP) is 2.60. The van der Waals surface area contributed by atoms with Gasteiger partial charge in [0.2, 0.25) is 10.0 Å². The van der Waals surface area contributed by atoms with Gasteiger partial charge in [-0.1, -0.05) is 41.1 Å². The van der Waals surface area contributed by atoms with Crippen LogP contribution in [0.1, 0.15) is 11.3 Å². The van der Waals surface area contributed by atoms with Crippen LogP contribution >= 0.6 is 0 Å². The Hall–Kier alpha value is -2.55. The largest absolute Gasteiger partial charge is 0.388 e. The van der Waals surface area contributed by atoms with E-state index in [1.54, 1.807) is 0 Å². The van der Waals surface area contributed by atoms with Gasteiger partial charge in [-0.2, -0.15) is 0 Å². The van der Waals surface area contributed by atoms with Gasteiger partial charge in [0.1, 0.15) is 23.0 Å². The highest BCUT2D eigenvalue weighted by atomic mass is 32.2. The zero-order valence-electron chi connectivity index (χ0n) is 13.2. The summed E-state index contributed by atoms with van der Waals surface area (Å²) in [5.41, 5.74) is 2.92. The highest BCUT2D eigenvalue weighted by Crippen LogP contribution is 2.35. The van der Waals surface area contributed by atoms with Crippen LogP contribution in [-0.4, -0.2) is 18.7 Å². The minimum Gasteiger partial charge on any atom is -0.388 e. The Labute approximate surface area is 143 Å². The van der Waals surface area contributed by atoms with Crippen LogP contribution in [0.15, 0.2) is 51.9 Å². The van der Waals surface area contributed by atoms with Crippen molar-refractivity contribution in [2.75, 3.05) is 0 Å². The fourth-order valence-electron chi connectivity index (χ4n) is 2.53. The van der Waals surface area contributed by atoms with Crippen LogP contribution in [0.4, 0.5) is 4.39 Å². The fourth-order valence-corrected chi connectivity index (χ4v) is 3.11. The standard InChI is InChI=1S/C17H15FN2O4S/c1-10-2-4-11(5-3-10)17-16(14(9-21)24-20-17)12-6-7-15(13(18)8-12)25(19,22)23/h2-8,21H,9H2,1H3,(H2,19,22,23). The number of nitrogens with two attached hydrogens (primary N) is 1. The van der Waals surface area contributed by atoms with Crippen LogP contribution in [0.2, 0.25) is 0 Å². The lowest BCUT2D eigenvalue weighted by Crippen LogP contribution is -2.14. The molecule has 0 saturated carbocycles. The lowest BCUT2D eigenvalue weighted by atomic mass is 9.98. The number of primary sulfonamides is 1. The van der Waals surface area contributed by atoms with Crippen LogP contribution in [-0.2, 0) is 16.6 Å². The second kappa shape index (κ2) is 6.40. The average Bonchev–Trinajstić information content (AvgIpc) is 2.98. The molecular weight excluding hydrogens is 347 g/mol. The van der Waals surface area contributed by atoms with Gasteiger partial charge in [0, 0.05) is 5.56 Å². The molecule has 0 spiro atoms. The lowest BCUT2D eigenvalue weighted by Gasteiger charge is -2.07. The van der Waals surface area contributed by atoms with E-state index in [4.69, 9.17) is 9.66 Å². The molecule has 0 unspecified atom stereocenters. The molecule has 6 nitrogen and oxygen atoms in total. The monoisotopic (exact) mass is 362 g/mol. The summed E-state index contributed by atoms with van der Waals surface area (Å²) in [7, 11) is -4.17. The molecule has 1 heterocycles. The number of aliphatic hydroxyl groups excluding tert-OH is 1. The molecule has 1 aromatic heterocycles. The van der Waals surface area contributed by atoms with E-state index in [0.29, 0.717) is 16.8 Å². The number of aliphatic hydroxyl groups is 1. The van der Waals surface area contributed by atoms with Gasteiger partial charge < -0.3 is 9.63 Å². The second-order valence-corrected chi connectivity index (χ2v) is 7.07. The van der Waals surface area contributed by atoms with Gasteiger partial charge in [0.15, 0.2) is 5.76 Å². The van der Waals surface area contributed by atoms with Crippen molar-refractivity contribution < 1.29 is 22.4 Å². The van der Waals surface area contributed by atoms with Crippen molar-refractivity contribution in [2.24, 2.45) is 5.14 Å². The topological polar surface area (TPSA) is 106 Å². The normalized spacial score (nSPS) is 11.7. The zero-order valence-corrected chi connectivity index (χ0v) is 14.0. The number of aromatic nitrogens is 1. The predicted molar refractivity (Wildman–Crippen MR) is 89.4 cm³/mol. The van der Waals surface area contributed by atoms with Crippen LogP contribution in [0.3, 0.4) is 0 Å². The Bertz CT molecular complexity index is 1030. The summed E-state index contributed by atoms with van der Waals surface area (Å²) in [5.74, 6) is -0.835. The summed E-state index contributed by atoms with van der Waals surface area (Å²) >= 11 is 0. The summed E-state index contributed by atoms with van der Waals surface area (Å²) in [6, 6.07) is 10.9. The average molecular weight is 362 g/mol. The van der Waals surface area contributed by atoms with E-state index in [1.165, 1.54) is 6.07 Å².